The molecule has 1 amide bonds. The lowest BCUT2D eigenvalue weighted by Gasteiger charge is -2.07. The van der Waals surface area contributed by atoms with E-state index >= 15 is 0 Å². The minimum atomic E-state index is -0.274. The molecule has 0 fully saturated rings. The van der Waals surface area contributed by atoms with Gasteiger partial charge in [-0.3, -0.25) is 4.79 Å². The van der Waals surface area contributed by atoms with Gasteiger partial charge in [-0.15, -0.1) is 11.3 Å². The van der Waals surface area contributed by atoms with E-state index in [1.165, 1.54) is 0 Å². The Kier molecular flexibility index (Phi) is 4.58. The molecule has 23 heavy (non-hydrogen) atoms. The van der Waals surface area contributed by atoms with Crippen LogP contribution in [0.25, 0.3) is 11.3 Å². The molecule has 0 saturated heterocycles. The SMILES string of the molecule is Cc1nc(-c2cccc(NC(=O)COc3ncccn3)c2)cs1. The molecule has 1 N–H and O–H groups in total. The van der Waals surface area contributed by atoms with Crippen LogP contribution in [0.15, 0.2) is 48.1 Å². The average Bonchev–Trinajstić information content (AvgIpc) is 3.01. The van der Waals surface area contributed by atoms with Crippen LogP contribution in [0, 0.1) is 6.92 Å². The number of aryl methyl sites for hydroxylation is 1. The van der Waals surface area contributed by atoms with Crippen LogP contribution in [0.1, 0.15) is 5.01 Å². The lowest BCUT2D eigenvalue weighted by atomic mass is 10.1. The summed E-state index contributed by atoms with van der Waals surface area (Å²) in [6.45, 7) is 1.81. The van der Waals surface area contributed by atoms with Crippen LogP contribution < -0.4 is 10.1 Å². The summed E-state index contributed by atoms with van der Waals surface area (Å²) in [5, 5.41) is 5.78. The summed E-state index contributed by atoms with van der Waals surface area (Å²) in [7, 11) is 0. The smallest absolute Gasteiger partial charge is 0.316 e. The minimum absolute atomic E-state index is 0.149. The van der Waals surface area contributed by atoms with E-state index in [1.807, 2.05) is 36.6 Å². The fourth-order valence-electron chi connectivity index (χ4n) is 1.94. The summed E-state index contributed by atoms with van der Waals surface area (Å²) in [5.74, 6) is -0.274. The quantitative estimate of drug-likeness (QED) is 0.780. The van der Waals surface area contributed by atoms with Crippen molar-refractivity contribution in [2.24, 2.45) is 0 Å². The van der Waals surface area contributed by atoms with Crippen molar-refractivity contribution in [3.05, 3.63) is 53.1 Å². The molecule has 3 aromatic rings. The lowest BCUT2D eigenvalue weighted by Crippen LogP contribution is -2.20. The van der Waals surface area contributed by atoms with E-state index in [9.17, 15) is 4.79 Å². The Morgan fingerprint density at radius 3 is 2.83 bits per heavy atom. The van der Waals surface area contributed by atoms with Crippen molar-refractivity contribution >= 4 is 22.9 Å². The van der Waals surface area contributed by atoms with Gasteiger partial charge in [0.1, 0.15) is 0 Å². The Morgan fingerprint density at radius 1 is 1.26 bits per heavy atom. The third-order valence-corrected chi connectivity index (χ3v) is 3.71. The van der Waals surface area contributed by atoms with E-state index in [-0.39, 0.29) is 18.5 Å². The number of amides is 1. The molecule has 0 aliphatic heterocycles. The van der Waals surface area contributed by atoms with Crippen molar-refractivity contribution in [3.8, 4) is 17.3 Å². The third kappa shape index (κ3) is 4.10. The van der Waals surface area contributed by atoms with Crippen LogP contribution in [0.3, 0.4) is 0 Å². The highest BCUT2D eigenvalue weighted by Gasteiger charge is 2.07. The van der Waals surface area contributed by atoms with Crippen molar-refractivity contribution in [1.82, 2.24) is 15.0 Å². The molecular weight excluding hydrogens is 312 g/mol. The number of rotatable bonds is 5. The largest absolute Gasteiger partial charge is 0.453 e. The lowest BCUT2D eigenvalue weighted by molar-refractivity contribution is -0.118. The number of nitrogens with one attached hydrogen (secondary N) is 1. The van der Waals surface area contributed by atoms with Crippen LogP contribution in [0.4, 0.5) is 5.69 Å². The van der Waals surface area contributed by atoms with E-state index in [0.29, 0.717) is 5.69 Å². The summed E-state index contributed by atoms with van der Waals surface area (Å²) in [6, 6.07) is 9.39. The number of benzene rings is 1. The number of ether oxygens (including phenoxy) is 1. The van der Waals surface area contributed by atoms with Crippen LogP contribution in [0.5, 0.6) is 6.01 Å². The van der Waals surface area contributed by atoms with Crippen LogP contribution in [-0.2, 0) is 4.79 Å². The number of carbonyl (C=O) groups is 1. The van der Waals surface area contributed by atoms with Crippen molar-refractivity contribution in [1.29, 1.82) is 0 Å². The Balaban J connectivity index is 1.62. The first-order valence-corrected chi connectivity index (χ1v) is 7.81. The highest BCUT2D eigenvalue weighted by atomic mass is 32.1. The summed E-state index contributed by atoms with van der Waals surface area (Å²) < 4.78 is 5.21. The molecular formula is C16H14N4O2S. The van der Waals surface area contributed by atoms with Crippen LogP contribution >= 0.6 is 11.3 Å². The normalized spacial score (nSPS) is 10.3. The Hall–Kier alpha value is -2.80. The molecule has 2 heterocycles. The topological polar surface area (TPSA) is 77.0 Å². The van der Waals surface area contributed by atoms with Gasteiger partial charge >= 0.3 is 6.01 Å². The molecule has 6 nitrogen and oxygen atoms in total. The first-order valence-electron chi connectivity index (χ1n) is 6.93. The van der Waals surface area contributed by atoms with E-state index < -0.39 is 0 Å². The molecule has 1 aromatic carbocycles. The zero-order valence-electron chi connectivity index (χ0n) is 12.4. The monoisotopic (exact) mass is 326 g/mol. The highest BCUT2D eigenvalue weighted by molar-refractivity contribution is 7.09. The zero-order chi connectivity index (χ0) is 16.1. The summed E-state index contributed by atoms with van der Waals surface area (Å²) in [5.41, 5.74) is 2.55. The van der Waals surface area contributed by atoms with Gasteiger partial charge in [-0.1, -0.05) is 12.1 Å². The third-order valence-electron chi connectivity index (χ3n) is 2.94. The maximum atomic E-state index is 11.9. The van der Waals surface area contributed by atoms with Gasteiger partial charge in [-0.2, -0.15) is 0 Å². The van der Waals surface area contributed by atoms with Crippen molar-refractivity contribution < 1.29 is 9.53 Å². The average molecular weight is 326 g/mol. The van der Waals surface area contributed by atoms with E-state index in [0.717, 1.165) is 16.3 Å². The molecule has 0 unspecified atom stereocenters. The second-order valence-electron chi connectivity index (χ2n) is 4.70. The molecule has 0 aliphatic carbocycles. The molecule has 0 aliphatic rings. The molecule has 116 valence electrons. The van der Waals surface area contributed by atoms with Gasteiger partial charge in [-0.25, -0.2) is 15.0 Å². The number of hydrogen-bond donors (Lipinski definition) is 1. The van der Waals surface area contributed by atoms with E-state index in [1.54, 1.807) is 29.8 Å². The Morgan fingerprint density at radius 2 is 2.09 bits per heavy atom. The van der Waals surface area contributed by atoms with Crippen molar-refractivity contribution in [2.75, 3.05) is 11.9 Å². The second kappa shape index (κ2) is 6.97. The van der Waals surface area contributed by atoms with Gasteiger partial charge in [0, 0.05) is 29.0 Å². The molecule has 0 atom stereocenters. The summed E-state index contributed by atoms with van der Waals surface area (Å²) in [4.78, 5) is 24.2. The van der Waals surface area contributed by atoms with E-state index in [2.05, 4.69) is 20.3 Å². The maximum absolute atomic E-state index is 11.9. The molecule has 0 saturated carbocycles. The van der Waals surface area contributed by atoms with Gasteiger partial charge < -0.3 is 10.1 Å². The van der Waals surface area contributed by atoms with Gasteiger partial charge in [0.2, 0.25) is 0 Å². The zero-order valence-corrected chi connectivity index (χ0v) is 13.2. The molecule has 0 spiro atoms. The standard InChI is InChI=1S/C16H14N4O2S/c1-11-19-14(10-23-11)12-4-2-5-13(8-12)20-15(21)9-22-16-17-6-3-7-18-16/h2-8,10H,9H2,1H3,(H,20,21). The van der Waals surface area contributed by atoms with Crippen molar-refractivity contribution in [2.45, 2.75) is 6.92 Å². The predicted octanol–water partition coefficient (Wildman–Crippen LogP) is 2.93. The molecule has 0 bridgehead atoms. The molecule has 0 radical (unpaired) electrons. The summed E-state index contributed by atoms with van der Waals surface area (Å²) >= 11 is 1.59. The maximum Gasteiger partial charge on any atom is 0.316 e. The first-order chi connectivity index (χ1) is 11.2. The fourth-order valence-corrected chi connectivity index (χ4v) is 2.56. The van der Waals surface area contributed by atoms with Gasteiger partial charge in [0.05, 0.1) is 10.7 Å². The molecule has 7 heteroatoms. The number of anilines is 1. The number of nitrogens with zero attached hydrogens (tertiary/aromatic N) is 3. The minimum Gasteiger partial charge on any atom is -0.453 e. The number of carbonyl (C=O) groups excluding carboxylic acids is 1. The number of thiazole rings is 1. The Labute approximate surface area is 137 Å². The summed E-state index contributed by atoms with van der Waals surface area (Å²) in [6.07, 6.45) is 3.11. The first kappa shape index (κ1) is 15.1. The van der Waals surface area contributed by atoms with Gasteiger partial charge in [-0.05, 0) is 25.1 Å². The van der Waals surface area contributed by atoms with Gasteiger partial charge in [0.25, 0.3) is 5.91 Å². The van der Waals surface area contributed by atoms with Gasteiger partial charge in [0.15, 0.2) is 6.61 Å². The molecule has 3 rings (SSSR count). The Bertz CT molecular complexity index is 805. The highest BCUT2D eigenvalue weighted by Crippen LogP contribution is 2.24. The van der Waals surface area contributed by atoms with Crippen LogP contribution in [-0.4, -0.2) is 27.5 Å². The predicted molar refractivity (Wildman–Crippen MR) is 88.4 cm³/mol. The molecule has 2 aromatic heterocycles. The second-order valence-corrected chi connectivity index (χ2v) is 5.76. The number of aromatic nitrogens is 3. The number of hydrogen-bond acceptors (Lipinski definition) is 6. The van der Waals surface area contributed by atoms with Crippen molar-refractivity contribution in [3.63, 3.8) is 0 Å². The van der Waals surface area contributed by atoms with E-state index in [4.69, 9.17) is 4.74 Å². The van der Waals surface area contributed by atoms with Crippen LogP contribution in [0.2, 0.25) is 0 Å². The fraction of sp³-hybridized carbons (Fsp3) is 0.125.